The molecule has 1 atom stereocenters. The maximum absolute atomic E-state index is 10.9. The summed E-state index contributed by atoms with van der Waals surface area (Å²) in [7, 11) is 0. The third-order valence-electron chi connectivity index (χ3n) is 1.79. The molecular weight excluding hydrogens is 162 g/mol. The summed E-state index contributed by atoms with van der Waals surface area (Å²) >= 11 is 0. The first-order valence-electron chi connectivity index (χ1n) is 5.05. The summed E-state index contributed by atoms with van der Waals surface area (Å²) in [5.41, 5.74) is 1.20. The predicted molar refractivity (Wildman–Crippen MR) is 53.4 cm³/mol. The van der Waals surface area contributed by atoms with Crippen molar-refractivity contribution in [2.75, 3.05) is 0 Å². The molecule has 1 unspecified atom stereocenters. The van der Waals surface area contributed by atoms with Crippen LogP contribution in [-0.2, 0) is 11.2 Å². The maximum atomic E-state index is 10.9. The Balaban J connectivity index is 2.41. The van der Waals surface area contributed by atoms with E-state index in [0.29, 0.717) is 0 Å². The van der Waals surface area contributed by atoms with E-state index in [-0.39, 0.29) is 18.8 Å². The van der Waals surface area contributed by atoms with Crippen molar-refractivity contribution in [1.29, 1.82) is 0 Å². The number of hydrogen-bond donors (Lipinski definition) is 1. The van der Waals surface area contributed by atoms with Crippen LogP contribution in [0.5, 0.6) is 0 Å². The molecule has 2 heteroatoms. The van der Waals surface area contributed by atoms with Crippen LogP contribution in [0.4, 0.5) is 0 Å². The van der Waals surface area contributed by atoms with Crippen LogP contribution in [0, 0.1) is 0 Å². The molecule has 0 fully saturated rings. The first-order chi connectivity index (χ1) is 6.72. The minimum atomic E-state index is -0.214. The SMILES string of the molecule is [2H]CC(=O)NC(C)Cc1ccccc1. The second-order valence-corrected chi connectivity index (χ2v) is 3.16. The Labute approximate surface area is 80.4 Å². The molecule has 0 saturated heterocycles. The largest absolute Gasteiger partial charge is 0.354 e. The lowest BCUT2D eigenvalue weighted by atomic mass is 10.1. The molecule has 1 aromatic rings. The minimum absolute atomic E-state index is 0.0928. The highest BCUT2D eigenvalue weighted by Crippen LogP contribution is 2.02. The topological polar surface area (TPSA) is 29.1 Å². The quantitative estimate of drug-likeness (QED) is 0.750. The Hall–Kier alpha value is -1.31. The van der Waals surface area contributed by atoms with Gasteiger partial charge >= 0.3 is 0 Å². The van der Waals surface area contributed by atoms with E-state index in [9.17, 15) is 4.79 Å². The number of amides is 1. The van der Waals surface area contributed by atoms with Crippen LogP contribution in [0.2, 0.25) is 0 Å². The number of nitrogens with one attached hydrogen (secondary N) is 1. The van der Waals surface area contributed by atoms with Crippen LogP contribution in [0.3, 0.4) is 0 Å². The molecule has 0 spiro atoms. The van der Waals surface area contributed by atoms with Gasteiger partial charge in [-0.15, -0.1) is 0 Å². The van der Waals surface area contributed by atoms with Crippen molar-refractivity contribution in [3.63, 3.8) is 0 Å². The number of carbonyl (C=O) groups excluding carboxylic acids is 1. The van der Waals surface area contributed by atoms with Gasteiger partial charge in [0.1, 0.15) is 0 Å². The van der Waals surface area contributed by atoms with E-state index < -0.39 is 0 Å². The summed E-state index contributed by atoms with van der Waals surface area (Å²) in [6.45, 7) is 1.75. The predicted octanol–water partition coefficient (Wildman–Crippen LogP) is 1.75. The fourth-order valence-corrected chi connectivity index (χ4v) is 1.29. The molecule has 0 saturated carbocycles. The summed E-state index contributed by atoms with van der Waals surface area (Å²) in [5.74, 6) is -0.214. The summed E-state index contributed by atoms with van der Waals surface area (Å²) in [5, 5.41) is 2.75. The fraction of sp³-hybridized carbons (Fsp3) is 0.364. The van der Waals surface area contributed by atoms with Gasteiger partial charge in [-0.3, -0.25) is 4.79 Å². The van der Waals surface area contributed by atoms with Gasteiger partial charge in [0.05, 0.1) is 0 Å². The highest BCUT2D eigenvalue weighted by molar-refractivity contribution is 5.73. The standard InChI is InChI=1S/C11H15NO/c1-9(12-10(2)13)8-11-6-4-3-5-7-11/h3-7,9H,8H2,1-2H3,(H,12,13)/i2D. The molecule has 13 heavy (non-hydrogen) atoms. The Bertz CT molecular complexity index is 287. The van der Waals surface area contributed by atoms with Crippen LogP contribution in [0.25, 0.3) is 0 Å². The van der Waals surface area contributed by atoms with Crippen molar-refractivity contribution in [3.8, 4) is 0 Å². The van der Waals surface area contributed by atoms with E-state index in [1.807, 2.05) is 37.3 Å². The summed E-state index contributed by atoms with van der Waals surface area (Å²) in [6, 6.07) is 10.1. The molecule has 0 aliphatic carbocycles. The lowest BCUT2D eigenvalue weighted by molar-refractivity contribution is -0.119. The van der Waals surface area contributed by atoms with E-state index in [1.54, 1.807) is 0 Å². The first-order valence-corrected chi connectivity index (χ1v) is 4.35. The van der Waals surface area contributed by atoms with Crippen molar-refractivity contribution in [3.05, 3.63) is 35.9 Å². The van der Waals surface area contributed by atoms with Crippen LogP contribution in [0.15, 0.2) is 30.3 Å². The molecule has 1 amide bonds. The Morgan fingerprint density at radius 1 is 1.54 bits per heavy atom. The molecule has 0 bridgehead atoms. The third-order valence-corrected chi connectivity index (χ3v) is 1.79. The average Bonchev–Trinajstić information content (AvgIpc) is 2.19. The second-order valence-electron chi connectivity index (χ2n) is 3.16. The molecule has 0 aromatic heterocycles. The Kier molecular flexibility index (Phi) is 2.97. The highest BCUT2D eigenvalue weighted by Gasteiger charge is 2.03. The molecule has 70 valence electrons. The van der Waals surface area contributed by atoms with Gasteiger partial charge in [0.25, 0.3) is 0 Å². The molecule has 0 heterocycles. The normalized spacial score (nSPS) is 13.2. The summed E-state index contributed by atoms with van der Waals surface area (Å²) in [6.07, 6.45) is 0.812. The van der Waals surface area contributed by atoms with Gasteiger partial charge < -0.3 is 5.32 Å². The van der Waals surface area contributed by atoms with Gasteiger partial charge in [-0.05, 0) is 18.9 Å². The fourth-order valence-electron chi connectivity index (χ4n) is 1.29. The monoisotopic (exact) mass is 178 g/mol. The van der Waals surface area contributed by atoms with Crippen molar-refractivity contribution in [2.24, 2.45) is 0 Å². The van der Waals surface area contributed by atoms with E-state index in [1.165, 1.54) is 5.56 Å². The molecule has 0 radical (unpaired) electrons. The zero-order valence-electron chi connectivity index (χ0n) is 8.79. The van der Waals surface area contributed by atoms with Gasteiger partial charge in [0, 0.05) is 14.3 Å². The average molecular weight is 178 g/mol. The first kappa shape index (κ1) is 8.30. The second kappa shape index (κ2) is 4.65. The minimum Gasteiger partial charge on any atom is -0.354 e. The lowest BCUT2D eigenvalue weighted by Gasteiger charge is -2.11. The molecule has 1 rings (SSSR count). The van der Waals surface area contributed by atoms with Crippen LogP contribution in [0.1, 0.15) is 20.8 Å². The molecule has 0 aliphatic rings. The molecular formula is C11H15NO. The Morgan fingerprint density at radius 3 is 2.85 bits per heavy atom. The van der Waals surface area contributed by atoms with Crippen LogP contribution >= 0.6 is 0 Å². The molecule has 0 aliphatic heterocycles. The summed E-state index contributed by atoms with van der Waals surface area (Å²) in [4.78, 5) is 10.9. The van der Waals surface area contributed by atoms with Gasteiger partial charge in [-0.25, -0.2) is 0 Å². The third kappa shape index (κ3) is 3.74. The number of benzene rings is 1. The molecule has 1 N–H and O–H groups in total. The van der Waals surface area contributed by atoms with E-state index >= 15 is 0 Å². The van der Waals surface area contributed by atoms with Gasteiger partial charge in [0.2, 0.25) is 5.91 Å². The van der Waals surface area contributed by atoms with Gasteiger partial charge in [-0.2, -0.15) is 0 Å². The summed E-state index contributed by atoms with van der Waals surface area (Å²) < 4.78 is 6.87. The van der Waals surface area contributed by atoms with Crippen molar-refractivity contribution >= 4 is 5.91 Å². The van der Waals surface area contributed by atoms with E-state index in [4.69, 9.17) is 1.37 Å². The lowest BCUT2D eigenvalue weighted by Crippen LogP contribution is -2.31. The number of rotatable bonds is 3. The van der Waals surface area contributed by atoms with E-state index in [0.717, 1.165) is 6.42 Å². The van der Waals surface area contributed by atoms with Gasteiger partial charge in [-0.1, -0.05) is 30.3 Å². The number of hydrogen-bond acceptors (Lipinski definition) is 1. The van der Waals surface area contributed by atoms with Crippen LogP contribution in [-0.4, -0.2) is 11.9 Å². The zero-order valence-corrected chi connectivity index (χ0v) is 7.79. The van der Waals surface area contributed by atoms with Crippen molar-refractivity contribution in [1.82, 2.24) is 5.32 Å². The van der Waals surface area contributed by atoms with Crippen LogP contribution < -0.4 is 5.32 Å². The zero-order chi connectivity index (χ0) is 10.4. The Morgan fingerprint density at radius 2 is 2.23 bits per heavy atom. The van der Waals surface area contributed by atoms with Crippen molar-refractivity contribution in [2.45, 2.75) is 26.3 Å². The molecule has 1 aromatic carbocycles. The van der Waals surface area contributed by atoms with Gasteiger partial charge in [0.15, 0.2) is 0 Å². The molecule has 2 nitrogen and oxygen atoms in total. The smallest absolute Gasteiger partial charge is 0.217 e. The maximum Gasteiger partial charge on any atom is 0.217 e. The van der Waals surface area contributed by atoms with Crippen molar-refractivity contribution < 1.29 is 6.17 Å². The number of carbonyl (C=O) groups is 1. The highest BCUT2D eigenvalue weighted by atomic mass is 16.1. The van der Waals surface area contributed by atoms with E-state index in [2.05, 4.69) is 5.32 Å².